The van der Waals surface area contributed by atoms with E-state index in [4.69, 9.17) is 10.5 Å². The Balaban J connectivity index is 1.11. The number of nitrogens with one attached hydrogen (secondary N) is 3. The van der Waals surface area contributed by atoms with Crippen molar-refractivity contribution in [2.24, 2.45) is 5.73 Å². The lowest BCUT2D eigenvalue weighted by molar-refractivity contribution is 0.0960. The van der Waals surface area contributed by atoms with E-state index in [0.717, 1.165) is 55.3 Å². The molecule has 1 aliphatic rings. The fraction of sp³-hybridized carbons (Fsp3) is 0.143. The number of para-hydroxylation sites is 1. The maximum absolute atomic E-state index is 12.8. The van der Waals surface area contributed by atoms with Crippen molar-refractivity contribution in [3.05, 3.63) is 136 Å². The average molecular weight is 586 g/mol. The van der Waals surface area contributed by atoms with Gasteiger partial charge in [-0.05, 0) is 64.0 Å². The number of carbonyl (C=O) groups is 2. The van der Waals surface area contributed by atoms with Crippen LogP contribution in [-0.2, 0) is 31.0 Å². The molecule has 0 fully saturated rings. The topological polar surface area (TPSA) is 134 Å². The van der Waals surface area contributed by atoms with E-state index in [-0.39, 0.29) is 24.3 Å². The molecule has 9 heteroatoms. The molecule has 7 rings (SSSR count). The van der Waals surface area contributed by atoms with Gasteiger partial charge >= 0.3 is 6.09 Å². The van der Waals surface area contributed by atoms with Gasteiger partial charge in [0.25, 0.3) is 5.91 Å². The number of nitrogens with two attached hydrogens (primary N) is 1. The van der Waals surface area contributed by atoms with Gasteiger partial charge in [0.05, 0.1) is 6.04 Å². The van der Waals surface area contributed by atoms with Crippen LogP contribution in [-0.4, -0.2) is 26.7 Å². The zero-order valence-electron chi connectivity index (χ0n) is 23.8. The van der Waals surface area contributed by atoms with Crippen LogP contribution in [0.15, 0.2) is 97.2 Å². The van der Waals surface area contributed by atoms with Gasteiger partial charge in [0.1, 0.15) is 12.4 Å². The highest BCUT2D eigenvalue weighted by molar-refractivity contribution is 6.01. The number of aromatic hydroxyl groups is 1. The molecule has 1 atom stereocenters. The number of H-pyrrole nitrogens is 1. The molecule has 1 unspecified atom stereocenters. The van der Waals surface area contributed by atoms with Gasteiger partial charge in [-0.2, -0.15) is 0 Å². The predicted molar refractivity (Wildman–Crippen MR) is 168 cm³/mol. The van der Waals surface area contributed by atoms with Crippen molar-refractivity contribution in [3.8, 4) is 5.75 Å². The molecule has 4 aromatic carbocycles. The summed E-state index contributed by atoms with van der Waals surface area (Å²) in [6, 6.07) is 29.1. The van der Waals surface area contributed by atoms with Gasteiger partial charge in [0.2, 0.25) is 0 Å². The summed E-state index contributed by atoms with van der Waals surface area (Å²) in [4.78, 5) is 27.3. The smallest absolute Gasteiger partial charge is 0.404 e. The number of benzene rings is 4. The van der Waals surface area contributed by atoms with Crippen LogP contribution < -0.4 is 16.4 Å². The first-order valence-electron chi connectivity index (χ1n) is 14.4. The summed E-state index contributed by atoms with van der Waals surface area (Å²) in [6.07, 6.45) is 1.29. The second-order valence-electron chi connectivity index (χ2n) is 11.1. The standard InChI is InChI=1S/C35H31N5O4/c36-35(43)44-20-23-5-3-4-22(14-23)19-40-13-12-24-9-8-21(15-31(24)40)17-37-18-30-32(27-6-1-2-7-29(27)38-30)33-28-16-25(41)10-11-26(28)34(42)39-33/h1-16,33,37-38,41H,17-20H2,(H2,36,43)(H,39,42). The Bertz CT molecular complexity index is 2040. The van der Waals surface area contributed by atoms with Crippen molar-refractivity contribution in [2.45, 2.75) is 32.3 Å². The second-order valence-corrected chi connectivity index (χ2v) is 11.1. The number of amides is 2. The molecule has 220 valence electrons. The summed E-state index contributed by atoms with van der Waals surface area (Å²) in [6.45, 7) is 2.02. The minimum Gasteiger partial charge on any atom is -0.508 e. The number of hydrogen-bond donors (Lipinski definition) is 5. The lowest BCUT2D eigenvalue weighted by Crippen LogP contribution is -2.22. The first kappa shape index (κ1) is 27.3. The number of ether oxygens (including phenoxy) is 1. The molecule has 0 saturated heterocycles. The van der Waals surface area contributed by atoms with Gasteiger partial charge in [-0.1, -0.05) is 54.6 Å². The molecule has 6 N–H and O–H groups in total. The SMILES string of the molecule is NC(=O)OCc1cccc(Cn2ccc3ccc(CNCc4[nH]c5ccccc5c4C4NC(=O)c5ccc(O)cc54)cc32)c1. The molecule has 2 amide bonds. The van der Waals surface area contributed by atoms with Gasteiger partial charge in [-0.25, -0.2) is 4.79 Å². The number of phenols is 1. The molecular formula is C35H31N5O4. The summed E-state index contributed by atoms with van der Waals surface area (Å²) in [5, 5.41) is 19.1. The molecule has 3 heterocycles. The summed E-state index contributed by atoms with van der Waals surface area (Å²) in [5.41, 5.74) is 13.7. The Labute approximate surface area is 253 Å². The molecule has 0 spiro atoms. The normalized spacial score (nSPS) is 14.2. The van der Waals surface area contributed by atoms with Gasteiger partial charge in [0, 0.05) is 59.1 Å². The maximum atomic E-state index is 12.8. The molecule has 0 saturated carbocycles. The number of phenolic OH excluding ortho intramolecular Hbond substituents is 1. The van der Waals surface area contributed by atoms with Crippen LogP contribution >= 0.6 is 0 Å². The molecule has 0 aliphatic carbocycles. The first-order chi connectivity index (χ1) is 21.4. The molecule has 0 bridgehead atoms. The highest BCUT2D eigenvalue weighted by Crippen LogP contribution is 2.38. The van der Waals surface area contributed by atoms with Gasteiger partial charge in [0.15, 0.2) is 0 Å². The fourth-order valence-electron chi connectivity index (χ4n) is 6.18. The number of primary amides is 1. The highest BCUT2D eigenvalue weighted by atomic mass is 16.5. The Hall–Kier alpha value is -5.54. The van der Waals surface area contributed by atoms with E-state index < -0.39 is 6.09 Å². The third-order valence-corrected chi connectivity index (χ3v) is 8.18. The second kappa shape index (κ2) is 11.3. The van der Waals surface area contributed by atoms with Crippen molar-refractivity contribution < 1.29 is 19.4 Å². The van der Waals surface area contributed by atoms with Crippen LogP contribution in [0, 0.1) is 0 Å². The third kappa shape index (κ3) is 5.25. The molecule has 0 radical (unpaired) electrons. The molecular weight excluding hydrogens is 554 g/mol. The van der Waals surface area contributed by atoms with Crippen molar-refractivity contribution in [2.75, 3.05) is 0 Å². The Morgan fingerprint density at radius 3 is 2.68 bits per heavy atom. The quantitative estimate of drug-likeness (QED) is 0.151. The van der Waals surface area contributed by atoms with Crippen LogP contribution in [0.1, 0.15) is 49.9 Å². The lowest BCUT2D eigenvalue weighted by atomic mass is 9.95. The lowest BCUT2D eigenvalue weighted by Gasteiger charge is -2.15. The van der Waals surface area contributed by atoms with E-state index in [1.165, 1.54) is 0 Å². The minimum absolute atomic E-state index is 0.134. The van der Waals surface area contributed by atoms with Gasteiger partial charge in [-0.3, -0.25) is 4.79 Å². The highest BCUT2D eigenvalue weighted by Gasteiger charge is 2.33. The number of hydrogen-bond acceptors (Lipinski definition) is 5. The summed E-state index contributed by atoms with van der Waals surface area (Å²) in [5.74, 6) is -0.00840. The molecule has 9 nitrogen and oxygen atoms in total. The Kier molecular flexibility index (Phi) is 7.00. The Morgan fingerprint density at radius 1 is 0.932 bits per heavy atom. The number of carbonyl (C=O) groups excluding carboxylic acids is 2. The van der Waals surface area contributed by atoms with Crippen LogP contribution in [0.4, 0.5) is 4.79 Å². The monoisotopic (exact) mass is 585 g/mol. The zero-order chi connectivity index (χ0) is 30.2. The maximum Gasteiger partial charge on any atom is 0.404 e. The largest absolute Gasteiger partial charge is 0.508 e. The molecule has 1 aliphatic heterocycles. The van der Waals surface area contributed by atoms with E-state index in [1.807, 2.05) is 36.4 Å². The van der Waals surface area contributed by atoms with Crippen LogP contribution in [0.2, 0.25) is 0 Å². The van der Waals surface area contributed by atoms with Crippen LogP contribution in [0.25, 0.3) is 21.8 Å². The number of rotatable bonds is 9. The van der Waals surface area contributed by atoms with Crippen LogP contribution in [0.3, 0.4) is 0 Å². The summed E-state index contributed by atoms with van der Waals surface area (Å²) < 4.78 is 7.15. The van der Waals surface area contributed by atoms with Crippen molar-refractivity contribution >= 4 is 33.8 Å². The van der Waals surface area contributed by atoms with Crippen LogP contribution in [0.5, 0.6) is 5.75 Å². The van der Waals surface area contributed by atoms with Crippen molar-refractivity contribution in [3.63, 3.8) is 0 Å². The fourth-order valence-corrected chi connectivity index (χ4v) is 6.18. The molecule has 44 heavy (non-hydrogen) atoms. The van der Waals surface area contributed by atoms with E-state index in [1.54, 1.807) is 18.2 Å². The van der Waals surface area contributed by atoms with E-state index >= 15 is 0 Å². The number of nitrogens with zero attached hydrogens (tertiary/aromatic N) is 1. The third-order valence-electron chi connectivity index (χ3n) is 8.18. The minimum atomic E-state index is -0.787. The number of aromatic amines is 1. The van der Waals surface area contributed by atoms with Crippen molar-refractivity contribution in [1.29, 1.82) is 0 Å². The summed E-state index contributed by atoms with van der Waals surface area (Å²) >= 11 is 0. The first-order valence-corrected chi connectivity index (χ1v) is 14.4. The zero-order valence-corrected chi connectivity index (χ0v) is 23.8. The van der Waals surface area contributed by atoms with Gasteiger partial charge < -0.3 is 35.8 Å². The molecule has 2 aromatic heterocycles. The predicted octanol–water partition coefficient (Wildman–Crippen LogP) is 5.59. The van der Waals surface area contributed by atoms with Gasteiger partial charge in [-0.15, -0.1) is 0 Å². The van der Waals surface area contributed by atoms with E-state index in [2.05, 4.69) is 62.8 Å². The Morgan fingerprint density at radius 2 is 1.80 bits per heavy atom. The summed E-state index contributed by atoms with van der Waals surface area (Å²) in [7, 11) is 0. The number of aromatic nitrogens is 2. The average Bonchev–Trinajstić information content (AvgIpc) is 3.69. The van der Waals surface area contributed by atoms with E-state index in [9.17, 15) is 14.7 Å². The number of fused-ring (bicyclic) bond motifs is 3. The van der Waals surface area contributed by atoms with E-state index in [0.29, 0.717) is 25.2 Å². The van der Waals surface area contributed by atoms with Crippen molar-refractivity contribution in [1.82, 2.24) is 20.2 Å². The molecule has 6 aromatic rings.